The molecule has 3 N–H and O–H groups in total. The lowest BCUT2D eigenvalue weighted by molar-refractivity contribution is -0.142. The molecule has 1 atom stereocenters. The summed E-state index contributed by atoms with van der Waals surface area (Å²) in [5.41, 5.74) is 0.301. The summed E-state index contributed by atoms with van der Waals surface area (Å²) in [5.74, 6) is -1.33. The third-order valence-corrected chi connectivity index (χ3v) is 5.68. The number of rotatable bonds is 17. The summed E-state index contributed by atoms with van der Waals surface area (Å²) in [6, 6.07) is 5.90. The fourth-order valence-corrected chi connectivity index (χ4v) is 3.80. The number of carbonyl (C=O) groups excluding carboxylic acids is 2. The fraction of sp³-hybridized carbons (Fsp3) is 0.545. The Kier molecular flexibility index (Phi) is 13.3. The Balaban J connectivity index is 2.00. The minimum Gasteiger partial charge on any atom is -0.480 e. The van der Waals surface area contributed by atoms with Crippen molar-refractivity contribution in [2.75, 3.05) is 5.75 Å². The van der Waals surface area contributed by atoms with E-state index in [1.165, 1.54) is 0 Å². The first-order chi connectivity index (χ1) is 14.4. The van der Waals surface area contributed by atoms with Gasteiger partial charge in [-0.2, -0.15) is 0 Å². The Morgan fingerprint density at radius 1 is 0.933 bits per heavy atom. The number of unbranched alkanes of at least 4 members (excludes halogenated alkanes) is 6. The molecule has 30 heavy (non-hydrogen) atoms. The number of hydrogen-bond acceptors (Lipinski definition) is 5. The van der Waals surface area contributed by atoms with Gasteiger partial charge >= 0.3 is 11.9 Å². The lowest BCUT2D eigenvalue weighted by atomic mass is 10.1. The van der Waals surface area contributed by atoms with Gasteiger partial charge in [0.2, 0.25) is 5.91 Å². The van der Waals surface area contributed by atoms with Gasteiger partial charge in [-0.3, -0.25) is 9.59 Å². The van der Waals surface area contributed by atoms with Crippen LogP contribution in [-0.2, 0) is 14.4 Å². The lowest BCUT2D eigenvalue weighted by Crippen LogP contribution is -2.40. The van der Waals surface area contributed by atoms with E-state index in [4.69, 9.17) is 10.2 Å². The number of aliphatic carboxylic acids is 1. The zero-order chi connectivity index (χ0) is 22.2. The van der Waals surface area contributed by atoms with Crippen molar-refractivity contribution in [3.63, 3.8) is 0 Å². The third kappa shape index (κ3) is 11.6. The van der Waals surface area contributed by atoms with Gasteiger partial charge in [-0.15, -0.1) is 11.8 Å². The molecule has 0 aliphatic rings. The van der Waals surface area contributed by atoms with Gasteiger partial charge in [0, 0.05) is 17.7 Å². The van der Waals surface area contributed by atoms with Crippen molar-refractivity contribution in [3.05, 3.63) is 29.8 Å². The van der Waals surface area contributed by atoms with Crippen molar-refractivity contribution in [1.29, 1.82) is 0 Å². The summed E-state index contributed by atoms with van der Waals surface area (Å²) in [6.07, 6.45) is 9.16. The van der Waals surface area contributed by atoms with E-state index < -0.39 is 18.0 Å². The highest BCUT2D eigenvalue weighted by Gasteiger charge is 2.19. The Bertz CT molecular complexity index is 677. The highest BCUT2D eigenvalue weighted by Crippen LogP contribution is 2.20. The average molecular weight is 437 g/mol. The van der Waals surface area contributed by atoms with E-state index in [9.17, 15) is 19.2 Å². The number of carboxylic acids is 2. The molecular weight excluding hydrogens is 406 g/mol. The van der Waals surface area contributed by atoms with Crippen molar-refractivity contribution < 1.29 is 29.4 Å². The summed E-state index contributed by atoms with van der Waals surface area (Å²) in [4.78, 5) is 44.9. The largest absolute Gasteiger partial charge is 0.480 e. The predicted octanol–water partition coefficient (Wildman–Crippen LogP) is 4.06. The Labute approximate surface area is 181 Å². The Hall–Kier alpha value is -2.35. The first-order valence-electron chi connectivity index (χ1n) is 10.3. The molecule has 0 spiro atoms. The Morgan fingerprint density at radius 3 is 2.10 bits per heavy atom. The molecule has 0 saturated carbocycles. The molecule has 165 valence electrons. The quantitative estimate of drug-likeness (QED) is 0.249. The molecule has 0 aromatic heterocycles. The van der Waals surface area contributed by atoms with Gasteiger partial charge < -0.3 is 15.5 Å². The van der Waals surface area contributed by atoms with Gasteiger partial charge in [0.05, 0.1) is 5.56 Å². The van der Waals surface area contributed by atoms with Gasteiger partial charge in [-0.25, -0.2) is 9.59 Å². The molecule has 1 radical (unpaired) electrons. The van der Waals surface area contributed by atoms with Crippen LogP contribution in [0.1, 0.15) is 74.6 Å². The summed E-state index contributed by atoms with van der Waals surface area (Å²) in [6.45, 7) is 0. The fourth-order valence-electron chi connectivity index (χ4n) is 2.88. The lowest BCUT2D eigenvalue weighted by Gasteiger charge is -2.12. The third-order valence-electron chi connectivity index (χ3n) is 4.59. The summed E-state index contributed by atoms with van der Waals surface area (Å²) in [7, 11) is 0. The highest BCUT2D eigenvalue weighted by atomic mass is 32.2. The molecule has 1 aromatic carbocycles. The number of aromatic carboxylic acids is 1. The van der Waals surface area contributed by atoms with Crippen LogP contribution in [0, 0.1) is 0 Å². The van der Waals surface area contributed by atoms with Crippen LogP contribution >= 0.6 is 11.8 Å². The number of amides is 1. The van der Waals surface area contributed by atoms with Gasteiger partial charge in [-0.05, 0) is 49.3 Å². The van der Waals surface area contributed by atoms with E-state index in [1.807, 2.05) is 12.1 Å². The predicted molar refractivity (Wildman–Crippen MR) is 116 cm³/mol. The van der Waals surface area contributed by atoms with Crippen LogP contribution in [0.25, 0.3) is 0 Å². The van der Waals surface area contributed by atoms with Crippen molar-refractivity contribution >= 4 is 35.9 Å². The van der Waals surface area contributed by atoms with E-state index in [0.717, 1.165) is 55.6 Å². The first kappa shape index (κ1) is 25.7. The van der Waals surface area contributed by atoms with Crippen LogP contribution in [0.2, 0.25) is 0 Å². The van der Waals surface area contributed by atoms with Gasteiger partial charge in [0.25, 0.3) is 0 Å². The smallest absolute Gasteiger partial charge is 0.335 e. The second-order valence-electron chi connectivity index (χ2n) is 7.04. The standard InChI is InChI=1S/C22H30NO6S/c24-15-8-9-19(22(28)29)23-20(25)10-6-4-2-1-3-5-7-16-30-18-13-11-17(12-14-18)21(26)27/h11-14,19H,1-10,16H2,(H,23,25)(H,26,27)(H,28,29)/t19-/m0/s1. The molecule has 0 heterocycles. The van der Waals surface area contributed by atoms with E-state index >= 15 is 0 Å². The zero-order valence-electron chi connectivity index (χ0n) is 17.1. The second-order valence-corrected chi connectivity index (χ2v) is 8.21. The molecule has 0 aliphatic heterocycles. The van der Waals surface area contributed by atoms with Gasteiger partial charge in [0.1, 0.15) is 6.04 Å². The average Bonchev–Trinajstić information content (AvgIpc) is 2.72. The van der Waals surface area contributed by atoms with Crippen LogP contribution in [0.5, 0.6) is 0 Å². The second kappa shape index (κ2) is 15.5. The number of thioether (sulfide) groups is 1. The van der Waals surface area contributed by atoms with E-state index in [1.54, 1.807) is 30.2 Å². The maximum absolute atomic E-state index is 11.8. The van der Waals surface area contributed by atoms with Crippen LogP contribution < -0.4 is 5.32 Å². The Morgan fingerprint density at radius 2 is 1.53 bits per heavy atom. The van der Waals surface area contributed by atoms with E-state index in [2.05, 4.69) is 5.32 Å². The van der Waals surface area contributed by atoms with Crippen molar-refractivity contribution in [2.45, 2.75) is 75.1 Å². The molecule has 0 saturated heterocycles. The first-order valence-corrected chi connectivity index (χ1v) is 11.3. The normalized spacial score (nSPS) is 11.6. The SMILES string of the molecule is O=[C]CC[C@H](NC(=O)CCCCCCCCCSc1ccc(C(=O)O)cc1)C(=O)O. The minimum absolute atomic E-state index is 0.00719. The number of carboxylic acid groups (broad SMARTS) is 2. The summed E-state index contributed by atoms with van der Waals surface area (Å²) >= 11 is 1.73. The van der Waals surface area contributed by atoms with Crippen LogP contribution in [0.4, 0.5) is 0 Å². The maximum atomic E-state index is 11.8. The molecule has 0 fully saturated rings. The van der Waals surface area contributed by atoms with E-state index in [-0.39, 0.29) is 18.7 Å². The monoisotopic (exact) mass is 436 g/mol. The molecule has 0 aliphatic carbocycles. The van der Waals surface area contributed by atoms with E-state index in [0.29, 0.717) is 12.0 Å². The van der Waals surface area contributed by atoms with Crippen molar-refractivity contribution in [2.24, 2.45) is 0 Å². The number of nitrogens with one attached hydrogen (secondary N) is 1. The topological polar surface area (TPSA) is 121 Å². The van der Waals surface area contributed by atoms with Crippen LogP contribution in [-0.4, -0.2) is 46.1 Å². The van der Waals surface area contributed by atoms with Crippen molar-refractivity contribution in [3.8, 4) is 0 Å². The molecule has 8 heteroatoms. The molecule has 1 aromatic rings. The molecule has 1 amide bonds. The van der Waals surface area contributed by atoms with Crippen LogP contribution in [0.3, 0.4) is 0 Å². The molecule has 0 unspecified atom stereocenters. The molecule has 0 bridgehead atoms. The molecule has 7 nitrogen and oxygen atoms in total. The summed E-state index contributed by atoms with van der Waals surface area (Å²) in [5, 5.41) is 20.3. The molecule has 1 rings (SSSR count). The highest BCUT2D eigenvalue weighted by molar-refractivity contribution is 7.99. The number of benzene rings is 1. The minimum atomic E-state index is -1.13. The molecular formula is C22H30NO6S. The zero-order valence-corrected chi connectivity index (χ0v) is 17.9. The maximum Gasteiger partial charge on any atom is 0.335 e. The van der Waals surface area contributed by atoms with Gasteiger partial charge in [0.15, 0.2) is 6.29 Å². The number of carbonyl (C=O) groups is 3. The van der Waals surface area contributed by atoms with Crippen LogP contribution in [0.15, 0.2) is 29.2 Å². The van der Waals surface area contributed by atoms with Crippen molar-refractivity contribution in [1.82, 2.24) is 5.32 Å². The number of hydrogen-bond donors (Lipinski definition) is 3. The van der Waals surface area contributed by atoms with Gasteiger partial charge in [-0.1, -0.05) is 32.1 Å². The summed E-state index contributed by atoms with van der Waals surface area (Å²) < 4.78 is 0.